The first-order chi connectivity index (χ1) is 15.7. The number of hydrogen-bond donors (Lipinski definition) is 1. The highest BCUT2D eigenvalue weighted by molar-refractivity contribution is 7.89. The first-order valence-corrected chi connectivity index (χ1v) is 12.4. The van der Waals surface area contributed by atoms with Gasteiger partial charge < -0.3 is 14.8 Å². The van der Waals surface area contributed by atoms with Crippen LogP contribution in [0.3, 0.4) is 0 Å². The lowest BCUT2D eigenvalue weighted by Crippen LogP contribution is -2.32. The number of carbonyl (C=O) groups is 2. The van der Waals surface area contributed by atoms with Gasteiger partial charge in [-0.1, -0.05) is 25.0 Å². The fourth-order valence-electron chi connectivity index (χ4n) is 3.65. The molecule has 2 aromatic carbocycles. The molecule has 2 aromatic rings. The maximum absolute atomic E-state index is 13.0. The molecule has 33 heavy (non-hydrogen) atoms. The third-order valence-electron chi connectivity index (χ3n) is 5.54. The molecule has 9 heteroatoms. The minimum absolute atomic E-state index is 0.0421. The maximum atomic E-state index is 13.0. The quantitative estimate of drug-likeness (QED) is 0.613. The number of aryl methyl sites for hydroxylation is 1. The van der Waals surface area contributed by atoms with Crippen molar-refractivity contribution in [1.29, 1.82) is 0 Å². The van der Waals surface area contributed by atoms with Crippen molar-refractivity contribution in [2.45, 2.75) is 50.5 Å². The Morgan fingerprint density at radius 2 is 1.73 bits per heavy atom. The normalized spacial score (nSPS) is 15.8. The number of anilines is 1. The zero-order valence-corrected chi connectivity index (χ0v) is 20.0. The van der Waals surface area contributed by atoms with E-state index in [1.54, 1.807) is 12.1 Å². The average Bonchev–Trinajstić information content (AvgIpc) is 3.09. The van der Waals surface area contributed by atoms with E-state index in [2.05, 4.69) is 5.32 Å². The SMILES string of the molecule is COc1ccc(C)cc1NC(=O)C(C)OC(=O)c1cccc(S(=O)(=O)N2CCCCCC2)c1. The Labute approximate surface area is 194 Å². The van der Waals surface area contributed by atoms with E-state index in [1.165, 1.54) is 42.6 Å². The van der Waals surface area contributed by atoms with Gasteiger partial charge in [-0.3, -0.25) is 4.79 Å². The molecule has 0 radical (unpaired) electrons. The van der Waals surface area contributed by atoms with Gasteiger partial charge in [-0.05, 0) is 62.6 Å². The number of nitrogens with zero attached hydrogens (tertiary/aromatic N) is 1. The van der Waals surface area contributed by atoms with Gasteiger partial charge in [0.1, 0.15) is 5.75 Å². The summed E-state index contributed by atoms with van der Waals surface area (Å²) in [7, 11) is -2.21. The summed E-state index contributed by atoms with van der Waals surface area (Å²) in [6.45, 7) is 4.27. The summed E-state index contributed by atoms with van der Waals surface area (Å²) in [4.78, 5) is 25.3. The molecule has 1 saturated heterocycles. The van der Waals surface area contributed by atoms with Crippen LogP contribution in [-0.4, -0.2) is 50.9 Å². The second kappa shape index (κ2) is 10.8. The maximum Gasteiger partial charge on any atom is 0.338 e. The van der Waals surface area contributed by atoms with Crippen LogP contribution in [0.1, 0.15) is 48.5 Å². The second-order valence-corrected chi connectivity index (χ2v) is 10.0. The molecule has 0 saturated carbocycles. The van der Waals surface area contributed by atoms with Crippen LogP contribution in [0.5, 0.6) is 5.75 Å². The van der Waals surface area contributed by atoms with E-state index < -0.39 is 28.0 Å². The van der Waals surface area contributed by atoms with E-state index in [0.29, 0.717) is 24.5 Å². The van der Waals surface area contributed by atoms with E-state index in [9.17, 15) is 18.0 Å². The molecule has 1 amide bonds. The summed E-state index contributed by atoms with van der Waals surface area (Å²) in [5.41, 5.74) is 1.47. The number of esters is 1. The summed E-state index contributed by atoms with van der Waals surface area (Å²) < 4.78 is 38.1. The summed E-state index contributed by atoms with van der Waals surface area (Å²) in [5, 5.41) is 2.70. The Hall–Kier alpha value is -2.91. The van der Waals surface area contributed by atoms with Gasteiger partial charge in [0.2, 0.25) is 10.0 Å². The molecule has 0 aromatic heterocycles. The largest absolute Gasteiger partial charge is 0.495 e. The zero-order chi connectivity index (χ0) is 24.0. The summed E-state index contributed by atoms with van der Waals surface area (Å²) in [5.74, 6) is -0.818. The van der Waals surface area contributed by atoms with Crippen LogP contribution in [-0.2, 0) is 19.6 Å². The average molecular weight is 475 g/mol. The molecule has 1 heterocycles. The topological polar surface area (TPSA) is 102 Å². The molecule has 1 aliphatic rings. The van der Waals surface area contributed by atoms with Crippen molar-refractivity contribution in [2.24, 2.45) is 0 Å². The van der Waals surface area contributed by atoms with Gasteiger partial charge in [0.05, 0.1) is 23.3 Å². The Balaban J connectivity index is 1.70. The molecular weight excluding hydrogens is 444 g/mol. The monoisotopic (exact) mass is 474 g/mol. The minimum Gasteiger partial charge on any atom is -0.495 e. The molecule has 0 aliphatic carbocycles. The molecule has 1 fully saturated rings. The van der Waals surface area contributed by atoms with Crippen molar-refractivity contribution < 1.29 is 27.5 Å². The molecule has 1 atom stereocenters. The predicted octanol–water partition coefficient (Wildman–Crippen LogP) is 3.75. The molecule has 3 rings (SSSR count). The van der Waals surface area contributed by atoms with E-state index >= 15 is 0 Å². The number of benzene rings is 2. The van der Waals surface area contributed by atoms with E-state index in [1.807, 2.05) is 13.0 Å². The molecule has 1 aliphatic heterocycles. The Morgan fingerprint density at radius 3 is 2.39 bits per heavy atom. The summed E-state index contributed by atoms with van der Waals surface area (Å²) in [6.07, 6.45) is 2.55. The van der Waals surface area contributed by atoms with Crippen LogP contribution >= 0.6 is 0 Å². The van der Waals surface area contributed by atoms with Gasteiger partial charge >= 0.3 is 5.97 Å². The highest BCUT2D eigenvalue weighted by Gasteiger charge is 2.27. The van der Waals surface area contributed by atoms with E-state index in [0.717, 1.165) is 31.2 Å². The van der Waals surface area contributed by atoms with Gasteiger partial charge in [-0.25, -0.2) is 13.2 Å². The number of rotatable bonds is 7. The van der Waals surface area contributed by atoms with Crippen molar-refractivity contribution in [3.05, 3.63) is 53.6 Å². The zero-order valence-electron chi connectivity index (χ0n) is 19.2. The Morgan fingerprint density at radius 1 is 1.03 bits per heavy atom. The second-order valence-electron chi connectivity index (χ2n) is 8.09. The smallest absolute Gasteiger partial charge is 0.338 e. The Kier molecular flexibility index (Phi) is 8.10. The van der Waals surface area contributed by atoms with Gasteiger partial charge in [-0.15, -0.1) is 0 Å². The van der Waals surface area contributed by atoms with Crippen LogP contribution in [0.4, 0.5) is 5.69 Å². The van der Waals surface area contributed by atoms with Crippen LogP contribution in [0.15, 0.2) is 47.4 Å². The number of amides is 1. The van der Waals surface area contributed by atoms with E-state index in [4.69, 9.17) is 9.47 Å². The highest BCUT2D eigenvalue weighted by Crippen LogP contribution is 2.26. The van der Waals surface area contributed by atoms with Crippen molar-refractivity contribution in [3.8, 4) is 5.75 Å². The fourth-order valence-corrected chi connectivity index (χ4v) is 5.21. The number of nitrogens with one attached hydrogen (secondary N) is 1. The van der Waals surface area contributed by atoms with Gasteiger partial charge in [0.15, 0.2) is 6.10 Å². The fraction of sp³-hybridized carbons (Fsp3) is 0.417. The van der Waals surface area contributed by atoms with Gasteiger partial charge in [0, 0.05) is 13.1 Å². The lowest BCUT2D eigenvalue weighted by molar-refractivity contribution is -0.123. The summed E-state index contributed by atoms with van der Waals surface area (Å²) in [6, 6.07) is 11.1. The van der Waals surface area contributed by atoms with Crippen LogP contribution in [0, 0.1) is 6.92 Å². The summed E-state index contributed by atoms with van der Waals surface area (Å²) >= 11 is 0. The third kappa shape index (κ3) is 6.11. The predicted molar refractivity (Wildman–Crippen MR) is 125 cm³/mol. The molecule has 0 spiro atoms. The van der Waals surface area contributed by atoms with Crippen molar-refractivity contribution in [1.82, 2.24) is 4.31 Å². The Bertz CT molecular complexity index is 1110. The molecule has 1 unspecified atom stereocenters. The lowest BCUT2D eigenvalue weighted by Gasteiger charge is -2.20. The first kappa shape index (κ1) is 24.7. The molecule has 8 nitrogen and oxygen atoms in total. The first-order valence-electron chi connectivity index (χ1n) is 11.0. The number of methoxy groups -OCH3 is 1. The number of hydrogen-bond acceptors (Lipinski definition) is 6. The van der Waals surface area contributed by atoms with Crippen molar-refractivity contribution in [3.63, 3.8) is 0 Å². The van der Waals surface area contributed by atoms with Crippen molar-refractivity contribution in [2.75, 3.05) is 25.5 Å². The third-order valence-corrected chi connectivity index (χ3v) is 7.43. The number of sulfonamides is 1. The number of ether oxygens (including phenoxy) is 2. The number of carbonyl (C=O) groups excluding carboxylic acids is 2. The molecule has 1 N–H and O–H groups in total. The highest BCUT2D eigenvalue weighted by atomic mass is 32.2. The molecular formula is C24H30N2O6S. The van der Waals surface area contributed by atoms with Crippen LogP contribution < -0.4 is 10.1 Å². The molecule has 178 valence electrons. The van der Waals surface area contributed by atoms with Gasteiger partial charge in [-0.2, -0.15) is 4.31 Å². The standard InChI is InChI=1S/C24H30N2O6S/c1-17-11-12-22(31-3)21(15-17)25-23(27)18(2)32-24(28)19-9-8-10-20(16-19)33(29,30)26-13-6-4-5-7-14-26/h8-12,15-16,18H,4-7,13-14H2,1-3H3,(H,25,27). The molecule has 0 bridgehead atoms. The lowest BCUT2D eigenvalue weighted by atomic mass is 10.2. The van der Waals surface area contributed by atoms with Crippen LogP contribution in [0.25, 0.3) is 0 Å². The van der Waals surface area contributed by atoms with Crippen LogP contribution in [0.2, 0.25) is 0 Å². The van der Waals surface area contributed by atoms with Crippen molar-refractivity contribution >= 4 is 27.6 Å². The van der Waals surface area contributed by atoms with E-state index in [-0.39, 0.29) is 10.5 Å². The minimum atomic E-state index is -3.71. The van der Waals surface area contributed by atoms with Gasteiger partial charge in [0.25, 0.3) is 5.91 Å².